The molecular weight excluding hydrogens is 308 g/mol. The van der Waals surface area contributed by atoms with Crippen LogP contribution in [0, 0.1) is 0 Å². The Morgan fingerprint density at radius 3 is 2.96 bits per heavy atom. The molecule has 1 aliphatic heterocycles. The van der Waals surface area contributed by atoms with E-state index in [4.69, 9.17) is 9.47 Å². The van der Waals surface area contributed by atoms with Gasteiger partial charge in [-0.25, -0.2) is 0 Å². The Bertz CT molecular complexity index is 659. The molecule has 0 aliphatic carbocycles. The van der Waals surface area contributed by atoms with Gasteiger partial charge >= 0.3 is 0 Å². The van der Waals surface area contributed by atoms with E-state index < -0.39 is 0 Å². The third-order valence-electron chi connectivity index (χ3n) is 4.06. The summed E-state index contributed by atoms with van der Waals surface area (Å²) in [5.41, 5.74) is 1.21. The smallest absolute Gasteiger partial charge is 0.248 e. The lowest BCUT2D eigenvalue weighted by Crippen LogP contribution is -2.44. The second kappa shape index (κ2) is 8.03. The van der Waals surface area contributed by atoms with Gasteiger partial charge in [0, 0.05) is 13.6 Å². The monoisotopic (exact) mass is 330 g/mol. The van der Waals surface area contributed by atoms with E-state index in [-0.39, 0.29) is 18.6 Å². The highest BCUT2D eigenvalue weighted by atomic mass is 16.5. The van der Waals surface area contributed by atoms with E-state index in [2.05, 4.69) is 22.3 Å². The number of aromatic nitrogens is 3. The Morgan fingerprint density at radius 2 is 2.21 bits per heavy atom. The highest BCUT2D eigenvalue weighted by Crippen LogP contribution is 2.19. The number of ether oxygens (including phenoxy) is 2. The third-order valence-corrected chi connectivity index (χ3v) is 4.06. The maximum atomic E-state index is 12.3. The lowest BCUT2D eigenvalue weighted by Gasteiger charge is -2.32. The predicted octanol–water partition coefficient (Wildman–Crippen LogP) is 0.974. The molecule has 1 aliphatic rings. The van der Waals surface area contributed by atoms with E-state index in [1.54, 1.807) is 11.2 Å². The maximum absolute atomic E-state index is 12.3. The fraction of sp³-hybridized carbons (Fsp3) is 0.471. The summed E-state index contributed by atoms with van der Waals surface area (Å²) in [6.45, 7) is 2.18. The fourth-order valence-corrected chi connectivity index (χ4v) is 2.70. The molecule has 1 atom stereocenters. The Hall–Kier alpha value is -2.25. The summed E-state index contributed by atoms with van der Waals surface area (Å²) >= 11 is 0. The second-order valence-electron chi connectivity index (χ2n) is 5.79. The molecule has 0 radical (unpaired) electrons. The Morgan fingerprint density at radius 1 is 1.38 bits per heavy atom. The van der Waals surface area contributed by atoms with Crippen molar-refractivity contribution in [3.63, 3.8) is 0 Å². The van der Waals surface area contributed by atoms with Gasteiger partial charge < -0.3 is 18.9 Å². The van der Waals surface area contributed by atoms with E-state index in [0.717, 1.165) is 12.2 Å². The standard InChI is InChI=1S/C17H22N4O3/c1-20-13-18-19-17(20)15-11-21(8-10-24-15)16(22)12-23-9-7-14-5-3-2-4-6-14/h2-6,13,15H,7-12H2,1H3/t15-/m0/s1. The number of carbonyl (C=O) groups excluding carboxylic acids is 1. The van der Waals surface area contributed by atoms with Gasteiger partial charge in [-0.1, -0.05) is 30.3 Å². The number of hydrogen-bond acceptors (Lipinski definition) is 5. The first-order valence-corrected chi connectivity index (χ1v) is 8.09. The number of aryl methyl sites for hydroxylation is 1. The summed E-state index contributed by atoms with van der Waals surface area (Å²) in [6.07, 6.45) is 2.20. The minimum Gasteiger partial charge on any atom is -0.371 e. The molecule has 1 saturated heterocycles. The van der Waals surface area contributed by atoms with Gasteiger partial charge in [-0.2, -0.15) is 0 Å². The number of amides is 1. The van der Waals surface area contributed by atoms with Crippen molar-refractivity contribution in [2.75, 3.05) is 32.9 Å². The van der Waals surface area contributed by atoms with E-state index in [1.807, 2.05) is 29.8 Å². The van der Waals surface area contributed by atoms with Gasteiger partial charge in [0.15, 0.2) is 5.82 Å². The normalized spacial score (nSPS) is 17.9. The minimum atomic E-state index is -0.237. The summed E-state index contributed by atoms with van der Waals surface area (Å²) in [4.78, 5) is 14.1. The van der Waals surface area contributed by atoms with Crippen molar-refractivity contribution in [3.05, 3.63) is 48.0 Å². The van der Waals surface area contributed by atoms with Crippen molar-refractivity contribution in [2.45, 2.75) is 12.5 Å². The van der Waals surface area contributed by atoms with E-state index >= 15 is 0 Å². The number of morpholine rings is 1. The first-order chi connectivity index (χ1) is 11.7. The first kappa shape index (κ1) is 16.6. The summed E-state index contributed by atoms with van der Waals surface area (Å²) < 4.78 is 13.1. The molecule has 3 rings (SSSR count). The third kappa shape index (κ3) is 4.18. The maximum Gasteiger partial charge on any atom is 0.248 e. The average molecular weight is 330 g/mol. The lowest BCUT2D eigenvalue weighted by atomic mass is 10.2. The van der Waals surface area contributed by atoms with Gasteiger partial charge in [0.2, 0.25) is 5.91 Å². The van der Waals surface area contributed by atoms with Crippen LogP contribution in [-0.2, 0) is 27.7 Å². The van der Waals surface area contributed by atoms with Crippen molar-refractivity contribution in [1.29, 1.82) is 0 Å². The molecule has 1 aromatic heterocycles. The molecular formula is C17H22N4O3. The zero-order valence-corrected chi connectivity index (χ0v) is 13.8. The minimum absolute atomic E-state index is 0.0152. The van der Waals surface area contributed by atoms with Gasteiger partial charge in [0.1, 0.15) is 19.0 Å². The van der Waals surface area contributed by atoms with Crippen LogP contribution in [0.1, 0.15) is 17.5 Å². The van der Waals surface area contributed by atoms with Crippen LogP contribution in [0.4, 0.5) is 0 Å². The molecule has 2 heterocycles. The number of benzene rings is 1. The molecule has 24 heavy (non-hydrogen) atoms. The summed E-state index contributed by atoms with van der Waals surface area (Å²) in [6, 6.07) is 10.1. The van der Waals surface area contributed by atoms with Crippen molar-refractivity contribution >= 4 is 5.91 Å². The molecule has 0 N–H and O–H groups in total. The van der Waals surface area contributed by atoms with Crippen LogP contribution in [0.25, 0.3) is 0 Å². The molecule has 1 aromatic carbocycles. The largest absolute Gasteiger partial charge is 0.371 e. The predicted molar refractivity (Wildman–Crippen MR) is 87.2 cm³/mol. The molecule has 7 heteroatoms. The molecule has 2 aromatic rings. The number of hydrogen-bond donors (Lipinski definition) is 0. The van der Waals surface area contributed by atoms with Crippen LogP contribution in [-0.4, -0.2) is 58.5 Å². The summed E-state index contributed by atoms with van der Waals surface area (Å²) in [7, 11) is 1.87. The van der Waals surface area contributed by atoms with Crippen LogP contribution >= 0.6 is 0 Å². The number of carbonyl (C=O) groups is 1. The summed E-state index contributed by atoms with van der Waals surface area (Å²) in [5.74, 6) is 0.719. The highest BCUT2D eigenvalue weighted by molar-refractivity contribution is 5.77. The number of nitrogens with zero attached hydrogens (tertiary/aromatic N) is 4. The Kier molecular flexibility index (Phi) is 5.55. The van der Waals surface area contributed by atoms with Crippen molar-refractivity contribution in [2.24, 2.45) is 7.05 Å². The van der Waals surface area contributed by atoms with Gasteiger partial charge in [-0.15, -0.1) is 10.2 Å². The van der Waals surface area contributed by atoms with Gasteiger partial charge in [0.05, 0.1) is 19.8 Å². The molecule has 0 saturated carbocycles. The average Bonchev–Trinajstić information content (AvgIpc) is 3.05. The van der Waals surface area contributed by atoms with Gasteiger partial charge in [0.25, 0.3) is 0 Å². The Labute approximate surface area is 141 Å². The van der Waals surface area contributed by atoms with Gasteiger partial charge in [-0.3, -0.25) is 4.79 Å². The quantitative estimate of drug-likeness (QED) is 0.738. The highest BCUT2D eigenvalue weighted by Gasteiger charge is 2.28. The molecule has 1 amide bonds. The zero-order valence-electron chi connectivity index (χ0n) is 13.8. The van der Waals surface area contributed by atoms with Gasteiger partial charge in [-0.05, 0) is 12.0 Å². The number of rotatable bonds is 6. The van der Waals surface area contributed by atoms with Crippen LogP contribution in [0.15, 0.2) is 36.7 Å². The van der Waals surface area contributed by atoms with Crippen LogP contribution < -0.4 is 0 Å². The second-order valence-corrected chi connectivity index (χ2v) is 5.79. The molecule has 7 nitrogen and oxygen atoms in total. The zero-order chi connectivity index (χ0) is 16.8. The van der Waals surface area contributed by atoms with E-state index in [9.17, 15) is 4.79 Å². The SMILES string of the molecule is Cn1cnnc1[C@@H]1CN(C(=O)COCCc2ccccc2)CCO1. The van der Waals surface area contributed by atoms with E-state index in [1.165, 1.54) is 5.56 Å². The first-order valence-electron chi connectivity index (χ1n) is 8.09. The summed E-state index contributed by atoms with van der Waals surface area (Å²) in [5, 5.41) is 7.92. The molecule has 0 bridgehead atoms. The van der Waals surface area contributed by atoms with Crippen molar-refractivity contribution < 1.29 is 14.3 Å². The fourth-order valence-electron chi connectivity index (χ4n) is 2.70. The van der Waals surface area contributed by atoms with Crippen LogP contribution in [0.3, 0.4) is 0 Å². The van der Waals surface area contributed by atoms with Crippen molar-refractivity contribution in [3.8, 4) is 0 Å². The van der Waals surface area contributed by atoms with Crippen LogP contribution in [0.2, 0.25) is 0 Å². The molecule has 1 fully saturated rings. The Balaban J connectivity index is 1.44. The molecule has 0 spiro atoms. The lowest BCUT2D eigenvalue weighted by molar-refractivity contribution is -0.144. The van der Waals surface area contributed by atoms with E-state index in [0.29, 0.717) is 26.3 Å². The van der Waals surface area contributed by atoms with Crippen LogP contribution in [0.5, 0.6) is 0 Å². The molecule has 0 unspecified atom stereocenters. The topological polar surface area (TPSA) is 69.5 Å². The molecule has 128 valence electrons. The van der Waals surface area contributed by atoms with Crippen molar-refractivity contribution in [1.82, 2.24) is 19.7 Å².